The van der Waals surface area contributed by atoms with Gasteiger partial charge in [0, 0.05) is 31.8 Å². The monoisotopic (exact) mass is 268 g/mol. The number of nitrogens with zero attached hydrogens (tertiary/aromatic N) is 2. The predicted octanol–water partition coefficient (Wildman–Crippen LogP) is -0.892. The molecule has 0 fully saturated rings. The minimum atomic E-state index is -1.19. The predicted molar refractivity (Wildman–Crippen MR) is 64.8 cm³/mol. The van der Waals surface area contributed by atoms with Gasteiger partial charge in [-0.25, -0.2) is 4.79 Å². The molecule has 1 atom stereocenters. The number of carboxylic acid groups (broad SMARTS) is 1. The maximum atomic E-state index is 11.6. The van der Waals surface area contributed by atoms with E-state index >= 15 is 0 Å². The number of carboxylic acids is 1. The lowest BCUT2D eigenvalue weighted by atomic mass is 10.1. The number of rotatable bonds is 8. The number of aromatic nitrogens is 2. The fourth-order valence-corrected chi connectivity index (χ4v) is 1.46. The Kier molecular flexibility index (Phi) is 5.52. The zero-order chi connectivity index (χ0) is 14.3. The van der Waals surface area contributed by atoms with E-state index in [-0.39, 0.29) is 19.3 Å². The summed E-state index contributed by atoms with van der Waals surface area (Å²) in [5.41, 5.74) is 4.94. The van der Waals surface area contributed by atoms with Crippen LogP contribution in [-0.4, -0.2) is 38.7 Å². The number of nitrogens with one attached hydrogen (secondary N) is 1. The molecule has 1 aromatic heterocycles. The molecule has 2 amide bonds. The van der Waals surface area contributed by atoms with E-state index in [1.807, 2.05) is 0 Å². The van der Waals surface area contributed by atoms with Crippen LogP contribution in [0.5, 0.6) is 0 Å². The van der Waals surface area contributed by atoms with E-state index in [4.69, 9.17) is 10.8 Å². The number of carbonyl (C=O) groups is 3. The van der Waals surface area contributed by atoms with E-state index in [1.165, 1.54) is 0 Å². The second-order valence-corrected chi connectivity index (χ2v) is 3.98. The van der Waals surface area contributed by atoms with E-state index in [0.717, 1.165) is 0 Å². The van der Waals surface area contributed by atoms with E-state index < -0.39 is 23.8 Å². The van der Waals surface area contributed by atoms with Crippen LogP contribution in [0, 0.1) is 0 Å². The van der Waals surface area contributed by atoms with Crippen molar-refractivity contribution in [1.29, 1.82) is 0 Å². The molecule has 1 rings (SSSR count). The van der Waals surface area contributed by atoms with Gasteiger partial charge < -0.3 is 16.2 Å². The lowest BCUT2D eigenvalue weighted by molar-refractivity contribution is -0.142. The Labute approximate surface area is 109 Å². The standard InChI is InChI=1S/C11H16N4O4/c12-9(16)3-2-8(11(18)19)14-10(17)4-7-15-6-1-5-13-15/h1,5-6,8H,2-4,7H2,(H2,12,16)(H,14,17)(H,18,19)/t8-/m1/s1. The summed E-state index contributed by atoms with van der Waals surface area (Å²) in [4.78, 5) is 33.1. The van der Waals surface area contributed by atoms with Gasteiger partial charge in [0.15, 0.2) is 0 Å². The smallest absolute Gasteiger partial charge is 0.326 e. The first-order valence-corrected chi connectivity index (χ1v) is 5.77. The molecule has 19 heavy (non-hydrogen) atoms. The summed E-state index contributed by atoms with van der Waals surface area (Å²) in [5.74, 6) is -2.20. The minimum absolute atomic E-state index is 0.0157. The highest BCUT2D eigenvalue weighted by molar-refractivity contribution is 5.84. The van der Waals surface area contributed by atoms with Gasteiger partial charge >= 0.3 is 5.97 Å². The van der Waals surface area contributed by atoms with Crippen molar-refractivity contribution in [2.24, 2.45) is 5.73 Å². The molecule has 8 nitrogen and oxygen atoms in total. The number of aryl methyl sites for hydroxylation is 1. The average Bonchev–Trinajstić information content (AvgIpc) is 2.84. The number of carbonyl (C=O) groups excluding carboxylic acids is 2. The van der Waals surface area contributed by atoms with Gasteiger partial charge in [-0.2, -0.15) is 5.10 Å². The first-order chi connectivity index (χ1) is 8.99. The van der Waals surface area contributed by atoms with Crippen molar-refractivity contribution < 1.29 is 19.5 Å². The first kappa shape index (κ1) is 14.7. The van der Waals surface area contributed by atoms with Crippen LogP contribution in [-0.2, 0) is 20.9 Å². The summed E-state index contributed by atoms with van der Waals surface area (Å²) >= 11 is 0. The maximum absolute atomic E-state index is 11.6. The molecular weight excluding hydrogens is 252 g/mol. The van der Waals surface area contributed by atoms with E-state index in [9.17, 15) is 14.4 Å². The molecule has 0 aliphatic rings. The molecule has 0 radical (unpaired) electrons. The zero-order valence-corrected chi connectivity index (χ0v) is 10.3. The van der Waals surface area contributed by atoms with Crippen LogP contribution in [0.4, 0.5) is 0 Å². The van der Waals surface area contributed by atoms with Crippen molar-refractivity contribution in [1.82, 2.24) is 15.1 Å². The second kappa shape index (κ2) is 7.14. The van der Waals surface area contributed by atoms with Crippen LogP contribution in [0.15, 0.2) is 18.5 Å². The molecule has 1 heterocycles. The van der Waals surface area contributed by atoms with Crippen LogP contribution in [0.2, 0.25) is 0 Å². The minimum Gasteiger partial charge on any atom is -0.480 e. The summed E-state index contributed by atoms with van der Waals surface area (Å²) in [6, 6.07) is 0.628. The van der Waals surface area contributed by atoms with Crippen molar-refractivity contribution in [3.8, 4) is 0 Å². The SMILES string of the molecule is NC(=O)CC[C@@H](NC(=O)CCn1cccn1)C(=O)O. The van der Waals surface area contributed by atoms with Crippen molar-refractivity contribution in [3.63, 3.8) is 0 Å². The maximum Gasteiger partial charge on any atom is 0.326 e. The molecule has 8 heteroatoms. The van der Waals surface area contributed by atoms with Crippen LogP contribution >= 0.6 is 0 Å². The summed E-state index contributed by atoms with van der Waals surface area (Å²) in [6.07, 6.45) is 3.30. The van der Waals surface area contributed by atoms with Gasteiger partial charge in [0.25, 0.3) is 0 Å². The van der Waals surface area contributed by atoms with Crippen LogP contribution in [0.25, 0.3) is 0 Å². The van der Waals surface area contributed by atoms with Gasteiger partial charge in [-0.3, -0.25) is 14.3 Å². The number of aliphatic carboxylic acids is 1. The Bertz CT molecular complexity index is 444. The van der Waals surface area contributed by atoms with Crippen LogP contribution < -0.4 is 11.1 Å². The average molecular weight is 268 g/mol. The number of hydrogen-bond acceptors (Lipinski definition) is 4. The van der Waals surface area contributed by atoms with Gasteiger partial charge in [-0.1, -0.05) is 0 Å². The Morgan fingerprint density at radius 3 is 2.63 bits per heavy atom. The molecule has 0 saturated heterocycles. The van der Waals surface area contributed by atoms with E-state index in [0.29, 0.717) is 6.54 Å². The van der Waals surface area contributed by atoms with Gasteiger partial charge in [0.1, 0.15) is 6.04 Å². The van der Waals surface area contributed by atoms with Gasteiger partial charge in [-0.15, -0.1) is 0 Å². The molecule has 0 saturated carbocycles. The molecule has 1 aromatic rings. The normalized spacial score (nSPS) is 11.8. The largest absolute Gasteiger partial charge is 0.480 e. The lowest BCUT2D eigenvalue weighted by Gasteiger charge is -2.13. The molecule has 0 bridgehead atoms. The third kappa shape index (κ3) is 5.66. The third-order valence-electron chi connectivity index (χ3n) is 2.44. The number of primary amides is 1. The highest BCUT2D eigenvalue weighted by atomic mass is 16.4. The Morgan fingerprint density at radius 2 is 2.11 bits per heavy atom. The third-order valence-corrected chi connectivity index (χ3v) is 2.44. The number of nitrogens with two attached hydrogens (primary N) is 1. The molecule has 104 valence electrons. The summed E-state index contributed by atoms with van der Waals surface area (Å²) < 4.78 is 1.57. The quantitative estimate of drug-likeness (QED) is 0.563. The van der Waals surface area contributed by atoms with Crippen LogP contribution in [0.1, 0.15) is 19.3 Å². The number of amides is 2. The number of hydrogen-bond donors (Lipinski definition) is 3. The fourth-order valence-electron chi connectivity index (χ4n) is 1.46. The molecule has 0 unspecified atom stereocenters. The Morgan fingerprint density at radius 1 is 1.37 bits per heavy atom. The van der Waals surface area contributed by atoms with Gasteiger partial charge in [-0.05, 0) is 12.5 Å². The van der Waals surface area contributed by atoms with Crippen LogP contribution in [0.3, 0.4) is 0 Å². The first-order valence-electron chi connectivity index (χ1n) is 5.77. The Hall–Kier alpha value is -2.38. The van der Waals surface area contributed by atoms with E-state index in [2.05, 4.69) is 10.4 Å². The highest BCUT2D eigenvalue weighted by Gasteiger charge is 2.20. The van der Waals surface area contributed by atoms with Crippen molar-refractivity contribution in [2.45, 2.75) is 31.8 Å². The van der Waals surface area contributed by atoms with Crippen molar-refractivity contribution in [3.05, 3.63) is 18.5 Å². The second-order valence-electron chi connectivity index (χ2n) is 3.98. The summed E-state index contributed by atoms with van der Waals surface area (Å²) in [7, 11) is 0. The van der Waals surface area contributed by atoms with Gasteiger partial charge in [0.2, 0.25) is 11.8 Å². The summed E-state index contributed by atoms with van der Waals surface area (Å²) in [6.45, 7) is 0.362. The molecule has 4 N–H and O–H groups in total. The fraction of sp³-hybridized carbons (Fsp3) is 0.455. The van der Waals surface area contributed by atoms with Gasteiger partial charge in [0.05, 0.1) is 0 Å². The molecular formula is C11H16N4O4. The summed E-state index contributed by atoms with van der Waals surface area (Å²) in [5, 5.41) is 15.2. The highest BCUT2D eigenvalue weighted by Crippen LogP contribution is 1.99. The molecule has 0 aliphatic heterocycles. The topological polar surface area (TPSA) is 127 Å². The molecule has 0 spiro atoms. The van der Waals surface area contributed by atoms with Crippen molar-refractivity contribution in [2.75, 3.05) is 0 Å². The van der Waals surface area contributed by atoms with E-state index in [1.54, 1.807) is 23.1 Å². The van der Waals surface area contributed by atoms with Crippen molar-refractivity contribution >= 4 is 17.8 Å². The Balaban J connectivity index is 2.38. The molecule has 0 aliphatic carbocycles. The zero-order valence-electron chi connectivity index (χ0n) is 10.3. The molecule has 0 aromatic carbocycles. The lowest BCUT2D eigenvalue weighted by Crippen LogP contribution is -2.41.